The van der Waals surface area contributed by atoms with Crippen LogP contribution in [0.1, 0.15) is 11.1 Å². The predicted molar refractivity (Wildman–Crippen MR) is 129 cm³/mol. The number of fused-ring (bicyclic) bond motifs is 3. The summed E-state index contributed by atoms with van der Waals surface area (Å²) in [6, 6.07) is 21.0. The van der Waals surface area contributed by atoms with Gasteiger partial charge in [-0.05, 0) is 53.2 Å². The molecule has 0 aliphatic heterocycles. The number of rotatable bonds is 3. The van der Waals surface area contributed by atoms with Crippen LogP contribution in [0.5, 0.6) is 11.6 Å². The van der Waals surface area contributed by atoms with Crippen molar-refractivity contribution in [3.63, 3.8) is 0 Å². The minimum Gasteiger partial charge on any atom is -0.454 e. The maximum absolute atomic E-state index is 13.7. The first kappa shape index (κ1) is 23.8. The fraction of sp³-hybridized carbons (Fsp3) is 0.0714. The highest BCUT2D eigenvalue weighted by Crippen LogP contribution is 2.43. The zero-order valence-corrected chi connectivity index (χ0v) is 19.1. The normalized spacial score (nSPS) is 12.5. The molecule has 0 fully saturated rings. The van der Waals surface area contributed by atoms with Crippen molar-refractivity contribution < 1.29 is 35.5 Å². The molecule has 10 heteroatoms. The molecule has 0 amide bonds. The van der Waals surface area contributed by atoms with E-state index in [-0.39, 0.29) is 11.9 Å². The monoisotopic (exact) mass is 524 g/mol. The van der Waals surface area contributed by atoms with Crippen LogP contribution in [0.4, 0.5) is 26.3 Å². The van der Waals surface area contributed by atoms with Gasteiger partial charge in [-0.2, -0.15) is 26.3 Å². The lowest BCUT2D eigenvalue weighted by Crippen LogP contribution is -2.12. The Morgan fingerprint density at radius 3 is 1.95 bits per heavy atom. The molecule has 0 bridgehead atoms. The van der Waals surface area contributed by atoms with Crippen molar-refractivity contribution in [2.75, 3.05) is 0 Å². The third-order valence-electron chi connectivity index (χ3n) is 6.09. The molecule has 0 aliphatic carbocycles. The van der Waals surface area contributed by atoms with Gasteiger partial charge in [0.05, 0.1) is 11.1 Å². The second-order valence-electron chi connectivity index (χ2n) is 8.56. The van der Waals surface area contributed by atoms with E-state index in [2.05, 4.69) is 10.2 Å². The van der Waals surface area contributed by atoms with Gasteiger partial charge >= 0.3 is 12.4 Å². The van der Waals surface area contributed by atoms with Crippen molar-refractivity contribution in [3.8, 4) is 23.1 Å². The summed E-state index contributed by atoms with van der Waals surface area (Å²) < 4.78 is 92.0. The van der Waals surface area contributed by atoms with E-state index >= 15 is 0 Å². The van der Waals surface area contributed by atoms with Crippen molar-refractivity contribution in [3.05, 3.63) is 96.1 Å². The zero-order chi connectivity index (χ0) is 26.7. The molecule has 6 aromatic rings. The number of benzene rings is 4. The lowest BCUT2D eigenvalue weighted by atomic mass is 10.0. The Kier molecular flexibility index (Phi) is 5.30. The molecule has 2 aromatic heterocycles. The molecular weight excluding hydrogens is 510 g/mol. The van der Waals surface area contributed by atoms with Crippen LogP contribution in [0, 0.1) is 0 Å². The van der Waals surface area contributed by atoms with Gasteiger partial charge < -0.3 is 9.15 Å². The summed E-state index contributed by atoms with van der Waals surface area (Å²) in [6.45, 7) is 0. The quantitative estimate of drug-likeness (QED) is 0.171. The van der Waals surface area contributed by atoms with E-state index in [1.54, 1.807) is 36.4 Å². The first-order valence-corrected chi connectivity index (χ1v) is 11.2. The molecular formula is C28H14F6N2O2. The van der Waals surface area contributed by atoms with E-state index in [0.717, 1.165) is 16.2 Å². The summed E-state index contributed by atoms with van der Waals surface area (Å²) in [5, 5.41) is 11.4. The first-order valence-electron chi connectivity index (χ1n) is 11.2. The van der Waals surface area contributed by atoms with Gasteiger partial charge in [0.25, 0.3) is 0 Å². The third-order valence-corrected chi connectivity index (χ3v) is 6.09. The fourth-order valence-electron chi connectivity index (χ4n) is 4.29. The molecule has 190 valence electrons. The SMILES string of the molecule is FC(F)(F)c1ccc(Oc2nnc(-c3cc4ccccc4o3)c3cc4ccccc4cc23)c(C(F)(F)F)c1. The van der Waals surface area contributed by atoms with Crippen LogP contribution in [-0.2, 0) is 12.4 Å². The van der Waals surface area contributed by atoms with Crippen LogP contribution >= 0.6 is 0 Å². The summed E-state index contributed by atoms with van der Waals surface area (Å²) in [5.41, 5.74) is -2.08. The molecule has 4 aromatic carbocycles. The van der Waals surface area contributed by atoms with E-state index in [0.29, 0.717) is 39.9 Å². The number of halogens is 6. The van der Waals surface area contributed by atoms with E-state index in [1.165, 1.54) is 0 Å². The Hall–Kier alpha value is -4.60. The fourth-order valence-corrected chi connectivity index (χ4v) is 4.29. The van der Waals surface area contributed by atoms with Gasteiger partial charge in [-0.1, -0.05) is 42.5 Å². The number of aromatic nitrogens is 2. The van der Waals surface area contributed by atoms with Crippen molar-refractivity contribution in [2.24, 2.45) is 0 Å². The molecule has 4 nitrogen and oxygen atoms in total. The molecule has 0 spiro atoms. The number of furan rings is 1. The van der Waals surface area contributed by atoms with E-state index in [1.807, 2.05) is 30.3 Å². The summed E-state index contributed by atoms with van der Waals surface area (Å²) >= 11 is 0. The van der Waals surface area contributed by atoms with E-state index in [9.17, 15) is 26.3 Å². The summed E-state index contributed by atoms with van der Waals surface area (Å²) in [4.78, 5) is 0. The van der Waals surface area contributed by atoms with E-state index in [4.69, 9.17) is 9.15 Å². The minimum absolute atomic E-state index is 0.0170. The summed E-state index contributed by atoms with van der Waals surface area (Å²) in [5.74, 6) is -0.738. The number of hydrogen-bond donors (Lipinski definition) is 0. The minimum atomic E-state index is -5.11. The average Bonchev–Trinajstić information content (AvgIpc) is 3.31. The first-order chi connectivity index (χ1) is 18.1. The van der Waals surface area contributed by atoms with Gasteiger partial charge in [0, 0.05) is 16.2 Å². The van der Waals surface area contributed by atoms with Crippen molar-refractivity contribution >= 4 is 32.5 Å². The Balaban J connectivity index is 1.55. The van der Waals surface area contributed by atoms with Crippen molar-refractivity contribution in [2.45, 2.75) is 12.4 Å². The number of alkyl halides is 6. The van der Waals surface area contributed by atoms with E-state index < -0.39 is 29.2 Å². The van der Waals surface area contributed by atoms with Gasteiger partial charge in [-0.3, -0.25) is 0 Å². The Morgan fingerprint density at radius 2 is 1.29 bits per heavy atom. The molecule has 38 heavy (non-hydrogen) atoms. The molecule has 0 saturated heterocycles. The second-order valence-corrected chi connectivity index (χ2v) is 8.56. The maximum atomic E-state index is 13.7. The van der Waals surface area contributed by atoms with Crippen LogP contribution < -0.4 is 4.74 Å². The Labute approximate surface area is 210 Å². The molecule has 0 atom stereocenters. The lowest BCUT2D eigenvalue weighted by Gasteiger charge is -2.17. The van der Waals surface area contributed by atoms with Crippen LogP contribution in [0.2, 0.25) is 0 Å². The smallest absolute Gasteiger partial charge is 0.420 e. The lowest BCUT2D eigenvalue weighted by molar-refractivity contribution is -0.143. The van der Waals surface area contributed by atoms with Gasteiger partial charge in [-0.25, -0.2) is 0 Å². The topological polar surface area (TPSA) is 48.2 Å². The average molecular weight is 524 g/mol. The Bertz CT molecular complexity index is 1810. The predicted octanol–water partition coefficient (Wildman–Crippen LogP) is 9.03. The number of hydrogen-bond acceptors (Lipinski definition) is 4. The molecule has 0 N–H and O–H groups in total. The molecule has 0 unspecified atom stereocenters. The largest absolute Gasteiger partial charge is 0.454 e. The summed E-state index contributed by atoms with van der Waals surface area (Å²) in [7, 11) is 0. The molecule has 0 saturated carbocycles. The highest BCUT2D eigenvalue weighted by atomic mass is 19.4. The molecule has 0 aliphatic rings. The van der Waals surface area contributed by atoms with Gasteiger partial charge in [-0.15, -0.1) is 10.2 Å². The Morgan fingerprint density at radius 1 is 0.632 bits per heavy atom. The summed E-state index contributed by atoms with van der Waals surface area (Å²) in [6.07, 6.45) is -10.1. The maximum Gasteiger partial charge on any atom is 0.420 e. The van der Waals surface area contributed by atoms with Crippen LogP contribution in [0.3, 0.4) is 0 Å². The van der Waals surface area contributed by atoms with Gasteiger partial charge in [0.1, 0.15) is 17.0 Å². The third kappa shape index (κ3) is 4.17. The van der Waals surface area contributed by atoms with Gasteiger partial charge in [0.15, 0.2) is 5.76 Å². The van der Waals surface area contributed by atoms with Crippen molar-refractivity contribution in [1.29, 1.82) is 0 Å². The molecule has 2 heterocycles. The molecule has 6 rings (SSSR count). The standard InChI is InChI=1S/C28H14F6N2O2/c29-27(30,31)18-9-10-23(21(14-18)28(32,33)34)38-26-20-12-16-6-2-1-5-15(16)11-19(20)25(35-36-26)24-13-17-7-3-4-8-22(17)37-24/h1-14H. The zero-order valence-electron chi connectivity index (χ0n) is 19.1. The highest BCUT2D eigenvalue weighted by Gasteiger charge is 2.39. The number of para-hydroxylation sites is 1. The van der Waals surface area contributed by atoms with Gasteiger partial charge in [0.2, 0.25) is 5.88 Å². The molecule has 0 radical (unpaired) electrons. The number of nitrogens with zero attached hydrogens (tertiary/aromatic N) is 2. The van der Waals surface area contributed by atoms with Crippen LogP contribution in [0.25, 0.3) is 44.0 Å². The van der Waals surface area contributed by atoms with Crippen molar-refractivity contribution in [1.82, 2.24) is 10.2 Å². The highest BCUT2D eigenvalue weighted by molar-refractivity contribution is 6.05. The number of ether oxygens (including phenoxy) is 1. The van der Waals surface area contributed by atoms with Crippen LogP contribution in [0.15, 0.2) is 89.3 Å². The van der Waals surface area contributed by atoms with Crippen LogP contribution in [-0.4, -0.2) is 10.2 Å². The second kappa shape index (κ2) is 8.47.